The molecule has 2 fully saturated rings. The minimum atomic E-state index is -0.257. The zero-order chi connectivity index (χ0) is 8.29. The van der Waals surface area contributed by atoms with E-state index >= 15 is 0 Å². The van der Waals surface area contributed by atoms with Crippen molar-refractivity contribution in [2.75, 3.05) is 0 Å². The SMILES string of the molecule is O=C1NC(=O)[C@H]2C3C=C[C@@H](O3)[C@@H]12. The maximum atomic E-state index is 11.2. The molecule has 1 N–H and O–H groups in total. The van der Waals surface area contributed by atoms with E-state index in [1.807, 2.05) is 12.2 Å². The maximum Gasteiger partial charge on any atom is 0.233 e. The van der Waals surface area contributed by atoms with Crippen molar-refractivity contribution in [2.24, 2.45) is 11.8 Å². The van der Waals surface area contributed by atoms with E-state index in [-0.39, 0.29) is 35.9 Å². The predicted molar refractivity (Wildman–Crippen MR) is 37.9 cm³/mol. The molecule has 3 aliphatic heterocycles. The molecule has 0 spiro atoms. The summed E-state index contributed by atoms with van der Waals surface area (Å²) in [6.07, 6.45) is 3.41. The number of amides is 2. The van der Waals surface area contributed by atoms with E-state index in [4.69, 9.17) is 4.74 Å². The van der Waals surface area contributed by atoms with Crippen molar-refractivity contribution in [2.45, 2.75) is 12.2 Å². The van der Waals surface area contributed by atoms with Gasteiger partial charge in [0.25, 0.3) is 0 Å². The van der Waals surface area contributed by atoms with Crippen molar-refractivity contribution in [1.82, 2.24) is 5.32 Å². The molecule has 2 amide bonds. The lowest BCUT2D eigenvalue weighted by molar-refractivity contribution is -0.128. The largest absolute Gasteiger partial charge is 0.365 e. The van der Waals surface area contributed by atoms with Crippen LogP contribution in [0.1, 0.15) is 0 Å². The van der Waals surface area contributed by atoms with Crippen molar-refractivity contribution in [3.05, 3.63) is 12.2 Å². The monoisotopic (exact) mass is 165 g/mol. The summed E-state index contributed by atoms with van der Waals surface area (Å²) in [4.78, 5) is 22.4. The van der Waals surface area contributed by atoms with Gasteiger partial charge in [0.05, 0.1) is 24.0 Å². The topological polar surface area (TPSA) is 55.4 Å². The van der Waals surface area contributed by atoms with Crippen LogP contribution in [0.15, 0.2) is 12.2 Å². The lowest BCUT2D eigenvalue weighted by Crippen LogP contribution is -2.27. The van der Waals surface area contributed by atoms with E-state index in [9.17, 15) is 9.59 Å². The Balaban J connectivity index is 2.08. The zero-order valence-corrected chi connectivity index (χ0v) is 6.19. The van der Waals surface area contributed by atoms with Gasteiger partial charge in [-0.2, -0.15) is 0 Å². The van der Waals surface area contributed by atoms with Gasteiger partial charge in [0.1, 0.15) is 0 Å². The number of nitrogens with one attached hydrogen (secondary N) is 1. The minimum absolute atomic E-state index is 0.161. The summed E-state index contributed by atoms with van der Waals surface area (Å²) >= 11 is 0. The first kappa shape index (κ1) is 6.37. The highest BCUT2D eigenvalue weighted by Crippen LogP contribution is 2.41. The lowest BCUT2D eigenvalue weighted by atomic mass is 9.85. The van der Waals surface area contributed by atoms with Gasteiger partial charge < -0.3 is 4.74 Å². The Bertz CT molecular complexity index is 281. The first-order chi connectivity index (χ1) is 5.77. The standard InChI is InChI=1S/C8H7NO3/c10-7-5-3-1-2-4(12-3)6(5)8(11)9-7/h1-6H,(H,9,10,11)/t3-,4?,5-,6+/m1/s1. The molecule has 3 heterocycles. The van der Waals surface area contributed by atoms with Gasteiger partial charge in [-0.25, -0.2) is 0 Å². The van der Waals surface area contributed by atoms with Gasteiger partial charge in [-0.15, -0.1) is 0 Å². The summed E-state index contributed by atoms with van der Waals surface area (Å²) in [5.41, 5.74) is 0. The van der Waals surface area contributed by atoms with Crippen LogP contribution in [0.4, 0.5) is 0 Å². The highest BCUT2D eigenvalue weighted by molar-refractivity contribution is 6.06. The molecule has 1 unspecified atom stereocenters. The molecule has 0 radical (unpaired) electrons. The van der Waals surface area contributed by atoms with Gasteiger partial charge >= 0.3 is 0 Å². The average Bonchev–Trinajstić information content (AvgIpc) is 2.64. The fraction of sp³-hybridized carbons (Fsp3) is 0.500. The van der Waals surface area contributed by atoms with Gasteiger partial charge in [-0.1, -0.05) is 12.2 Å². The molecule has 0 aromatic heterocycles. The first-order valence-electron chi connectivity index (χ1n) is 3.96. The third-order valence-electron chi connectivity index (χ3n) is 2.75. The molecule has 0 aromatic rings. The molecule has 4 heteroatoms. The van der Waals surface area contributed by atoms with E-state index in [1.54, 1.807) is 0 Å². The van der Waals surface area contributed by atoms with Crippen molar-refractivity contribution < 1.29 is 14.3 Å². The molecule has 0 saturated carbocycles. The fourth-order valence-corrected chi connectivity index (χ4v) is 2.22. The highest BCUT2D eigenvalue weighted by Gasteiger charge is 2.57. The number of carbonyl (C=O) groups excluding carboxylic acids is 2. The van der Waals surface area contributed by atoms with Gasteiger partial charge in [0.2, 0.25) is 11.8 Å². The van der Waals surface area contributed by atoms with Crippen molar-refractivity contribution in [3.8, 4) is 0 Å². The van der Waals surface area contributed by atoms with Crippen LogP contribution in [-0.4, -0.2) is 24.0 Å². The molecule has 3 aliphatic rings. The normalized spacial score (nSPS) is 48.3. The van der Waals surface area contributed by atoms with Gasteiger partial charge in [-0.3, -0.25) is 14.9 Å². The van der Waals surface area contributed by atoms with Crippen molar-refractivity contribution >= 4 is 11.8 Å². The molecular weight excluding hydrogens is 158 g/mol. The Labute approximate surface area is 68.6 Å². The van der Waals surface area contributed by atoms with Crippen LogP contribution in [0.5, 0.6) is 0 Å². The summed E-state index contributed by atoms with van der Waals surface area (Å²) in [5, 5.41) is 2.32. The Morgan fingerprint density at radius 3 is 2.08 bits per heavy atom. The average molecular weight is 165 g/mol. The minimum Gasteiger partial charge on any atom is -0.365 e. The maximum absolute atomic E-state index is 11.2. The molecule has 2 bridgehead atoms. The summed E-state index contributed by atoms with van der Waals surface area (Å²) in [5.74, 6) is -0.872. The van der Waals surface area contributed by atoms with Crippen LogP contribution < -0.4 is 5.32 Å². The van der Waals surface area contributed by atoms with E-state index in [2.05, 4.69) is 5.32 Å². The van der Waals surface area contributed by atoms with E-state index in [0.717, 1.165) is 0 Å². The van der Waals surface area contributed by atoms with Gasteiger partial charge in [0, 0.05) is 0 Å². The molecule has 62 valence electrons. The van der Waals surface area contributed by atoms with E-state index in [1.165, 1.54) is 0 Å². The molecule has 0 aliphatic carbocycles. The molecule has 3 rings (SSSR count). The third kappa shape index (κ3) is 0.536. The first-order valence-corrected chi connectivity index (χ1v) is 3.96. The molecule has 0 aromatic carbocycles. The quantitative estimate of drug-likeness (QED) is 0.378. The zero-order valence-electron chi connectivity index (χ0n) is 6.19. The Hall–Kier alpha value is -1.16. The lowest BCUT2D eigenvalue weighted by Gasteiger charge is -2.10. The number of ether oxygens (including phenoxy) is 1. The summed E-state index contributed by atoms with van der Waals surface area (Å²) in [7, 11) is 0. The smallest absolute Gasteiger partial charge is 0.233 e. The van der Waals surface area contributed by atoms with Crippen LogP contribution in [0.2, 0.25) is 0 Å². The fourth-order valence-electron chi connectivity index (χ4n) is 2.22. The number of imide groups is 1. The second-order valence-corrected chi connectivity index (χ2v) is 3.36. The number of rotatable bonds is 0. The van der Waals surface area contributed by atoms with Gasteiger partial charge in [0.15, 0.2) is 0 Å². The second kappa shape index (κ2) is 1.77. The summed E-state index contributed by atoms with van der Waals surface area (Å²) < 4.78 is 5.39. The molecule has 2 saturated heterocycles. The number of carbonyl (C=O) groups is 2. The van der Waals surface area contributed by atoms with Gasteiger partial charge in [-0.05, 0) is 0 Å². The molecule has 4 atom stereocenters. The molecular formula is C8H7NO3. The Morgan fingerprint density at radius 2 is 1.58 bits per heavy atom. The van der Waals surface area contributed by atoms with Crippen LogP contribution in [0.3, 0.4) is 0 Å². The van der Waals surface area contributed by atoms with Crippen molar-refractivity contribution in [3.63, 3.8) is 0 Å². The third-order valence-corrected chi connectivity index (χ3v) is 2.75. The summed E-state index contributed by atoms with van der Waals surface area (Å²) in [6, 6.07) is 0. The van der Waals surface area contributed by atoms with Crippen LogP contribution in [0, 0.1) is 11.8 Å². The number of fused-ring (bicyclic) bond motifs is 5. The second-order valence-electron chi connectivity index (χ2n) is 3.36. The van der Waals surface area contributed by atoms with Crippen LogP contribution >= 0.6 is 0 Å². The Morgan fingerprint density at radius 1 is 1.08 bits per heavy atom. The molecule has 4 nitrogen and oxygen atoms in total. The number of hydrogen-bond acceptors (Lipinski definition) is 3. The van der Waals surface area contributed by atoms with Crippen LogP contribution in [-0.2, 0) is 14.3 Å². The van der Waals surface area contributed by atoms with E-state index < -0.39 is 0 Å². The van der Waals surface area contributed by atoms with E-state index in [0.29, 0.717) is 0 Å². The van der Waals surface area contributed by atoms with Crippen LogP contribution in [0.25, 0.3) is 0 Å². The summed E-state index contributed by atoms with van der Waals surface area (Å²) in [6.45, 7) is 0. The predicted octanol–water partition coefficient (Wildman–Crippen LogP) is -0.788. The molecule has 12 heavy (non-hydrogen) atoms. The Kier molecular flexibility index (Phi) is 0.939. The highest BCUT2D eigenvalue weighted by atomic mass is 16.5. The van der Waals surface area contributed by atoms with Crippen molar-refractivity contribution in [1.29, 1.82) is 0 Å². The number of hydrogen-bond donors (Lipinski definition) is 1.